The van der Waals surface area contributed by atoms with Gasteiger partial charge in [0.2, 0.25) is 5.79 Å². The van der Waals surface area contributed by atoms with Gasteiger partial charge in [-0.05, 0) is 0 Å². The summed E-state index contributed by atoms with van der Waals surface area (Å²) in [5.74, 6) is -2.24. The maximum Gasteiger partial charge on any atom is 0.227 e. The SMILES string of the molecule is OC[C@H]1O[C@@](COO)(O[C@H]2O[C@H](CO)[C@@H](O)[C@H](O)[C@H]2O)[C@@H](O)[C@@H]1O. The monoisotopic (exact) mass is 358 g/mol. The summed E-state index contributed by atoms with van der Waals surface area (Å²) in [4.78, 5) is 3.92. The molecule has 0 aromatic heterocycles. The fourth-order valence-corrected chi connectivity index (χ4v) is 2.71. The Morgan fingerprint density at radius 3 is 1.96 bits per heavy atom. The van der Waals surface area contributed by atoms with E-state index in [0.717, 1.165) is 0 Å². The topological polar surface area (TPSA) is 199 Å². The van der Waals surface area contributed by atoms with Crippen LogP contribution in [0.2, 0.25) is 0 Å². The zero-order valence-electron chi connectivity index (χ0n) is 12.5. The smallest absolute Gasteiger partial charge is 0.227 e. The van der Waals surface area contributed by atoms with E-state index in [0.29, 0.717) is 0 Å². The molecule has 142 valence electrons. The maximum atomic E-state index is 10.1. The average molecular weight is 358 g/mol. The van der Waals surface area contributed by atoms with Crippen LogP contribution in [0, 0.1) is 0 Å². The van der Waals surface area contributed by atoms with E-state index in [-0.39, 0.29) is 0 Å². The van der Waals surface area contributed by atoms with Crippen molar-refractivity contribution < 1.29 is 60.1 Å². The molecule has 0 radical (unpaired) electrons. The van der Waals surface area contributed by atoms with Crippen molar-refractivity contribution in [1.82, 2.24) is 0 Å². The predicted octanol–water partition coefficient (Wildman–Crippen LogP) is -4.90. The highest BCUT2D eigenvalue weighted by Crippen LogP contribution is 2.36. The summed E-state index contributed by atoms with van der Waals surface area (Å²) in [6.45, 7) is -2.24. The van der Waals surface area contributed by atoms with Crippen LogP contribution < -0.4 is 0 Å². The van der Waals surface area contributed by atoms with Gasteiger partial charge < -0.3 is 50.0 Å². The summed E-state index contributed by atoms with van der Waals surface area (Å²) in [7, 11) is 0. The first-order valence-corrected chi connectivity index (χ1v) is 7.20. The number of hydrogen-bond donors (Lipinski definition) is 8. The summed E-state index contributed by atoms with van der Waals surface area (Å²) < 4.78 is 15.6. The van der Waals surface area contributed by atoms with Gasteiger partial charge >= 0.3 is 0 Å². The van der Waals surface area contributed by atoms with E-state index in [9.17, 15) is 25.5 Å². The first-order chi connectivity index (χ1) is 11.3. The summed E-state index contributed by atoms with van der Waals surface area (Å²) in [6.07, 6.45) is -12.9. The second-order valence-electron chi connectivity index (χ2n) is 5.67. The lowest BCUT2D eigenvalue weighted by molar-refractivity contribution is -0.406. The summed E-state index contributed by atoms with van der Waals surface area (Å²) in [6, 6.07) is 0. The van der Waals surface area contributed by atoms with Crippen LogP contribution in [0.4, 0.5) is 0 Å². The lowest BCUT2D eigenvalue weighted by atomic mass is 9.99. The van der Waals surface area contributed by atoms with Gasteiger partial charge in [0.05, 0.1) is 13.2 Å². The largest absolute Gasteiger partial charge is 0.394 e. The zero-order chi connectivity index (χ0) is 18.1. The Kier molecular flexibility index (Phi) is 6.46. The molecule has 0 spiro atoms. The van der Waals surface area contributed by atoms with E-state index in [2.05, 4.69) is 4.89 Å². The van der Waals surface area contributed by atoms with Crippen molar-refractivity contribution in [2.24, 2.45) is 0 Å². The Morgan fingerprint density at radius 1 is 0.833 bits per heavy atom. The highest BCUT2D eigenvalue weighted by Gasteiger charge is 2.59. The quantitative estimate of drug-likeness (QED) is 0.166. The fourth-order valence-electron chi connectivity index (χ4n) is 2.71. The normalized spacial score (nSPS) is 49.5. The van der Waals surface area contributed by atoms with Crippen molar-refractivity contribution >= 4 is 0 Å². The van der Waals surface area contributed by atoms with Crippen LogP contribution in [0.3, 0.4) is 0 Å². The molecule has 12 heteroatoms. The maximum absolute atomic E-state index is 10.1. The Balaban J connectivity index is 2.21. The molecule has 24 heavy (non-hydrogen) atoms. The lowest BCUT2D eigenvalue weighted by Crippen LogP contribution is -2.62. The van der Waals surface area contributed by atoms with Crippen molar-refractivity contribution in [3.63, 3.8) is 0 Å². The predicted molar refractivity (Wildman–Crippen MR) is 70.1 cm³/mol. The van der Waals surface area contributed by atoms with Crippen LogP contribution in [0.25, 0.3) is 0 Å². The minimum Gasteiger partial charge on any atom is -0.394 e. The lowest BCUT2D eigenvalue weighted by Gasteiger charge is -2.43. The molecule has 0 saturated carbocycles. The molecule has 0 aliphatic carbocycles. The van der Waals surface area contributed by atoms with E-state index >= 15 is 0 Å². The van der Waals surface area contributed by atoms with Gasteiger partial charge in [0, 0.05) is 0 Å². The number of hydrogen-bond acceptors (Lipinski definition) is 12. The van der Waals surface area contributed by atoms with Gasteiger partial charge in [-0.3, -0.25) is 5.26 Å². The van der Waals surface area contributed by atoms with Crippen molar-refractivity contribution in [3.8, 4) is 0 Å². The molecule has 2 rings (SSSR count). The van der Waals surface area contributed by atoms with E-state index in [1.54, 1.807) is 0 Å². The minimum absolute atomic E-state index is 0.691. The molecule has 0 aromatic rings. The minimum atomic E-state index is -2.24. The zero-order valence-corrected chi connectivity index (χ0v) is 12.5. The molecular formula is C12H22O12. The van der Waals surface area contributed by atoms with E-state index in [1.165, 1.54) is 0 Å². The van der Waals surface area contributed by atoms with Gasteiger partial charge in [0.25, 0.3) is 0 Å². The Labute approximate surface area is 135 Å². The van der Waals surface area contributed by atoms with Gasteiger partial charge in [-0.25, -0.2) is 4.89 Å². The number of aliphatic hydroxyl groups is 7. The van der Waals surface area contributed by atoms with Crippen LogP contribution in [-0.2, 0) is 19.1 Å². The standard InChI is InChI=1S/C12H22O12/c13-1-4-6(15)8(17)9(18)11(22-4)24-12(3-21-20)10(19)7(16)5(2-14)23-12/h4-11,13-20H,1-3H2/t4-,5-,6-,7-,8+,9-,10+,11-,12+/m1/s1. The summed E-state index contributed by atoms with van der Waals surface area (Å²) in [5, 5.41) is 76.3. The average Bonchev–Trinajstić information content (AvgIpc) is 2.80. The molecule has 2 saturated heterocycles. The molecule has 0 unspecified atom stereocenters. The van der Waals surface area contributed by atoms with Crippen molar-refractivity contribution in [2.45, 2.75) is 54.8 Å². The second-order valence-corrected chi connectivity index (χ2v) is 5.67. The Morgan fingerprint density at radius 2 is 1.46 bits per heavy atom. The number of ether oxygens (including phenoxy) is 3. The number of rotatable bonds is 6. The van der Waals surface area contributed by atoms with Crippen LogP contribution in [0.15, 0.2) is 0 Å². The molecule has 2 heterocycles. The molecule has 0 amide bonds. The molecule has 9 atom stereocenters. The first-order valence-electron chi connectivity index (χ1n) is 7.20. The first kappa shape index (κ1) is 19.8. The van der Waals surface area contributed by atoms with Gasteiger partial charge in [-0.15, -0.1) is 0 Å². The molecule has 0 bridgehead atoms. The Bertz CT molecular complexity index is 407. The third-order valence-corrected chi connectivity index (χ3v) is 4.12. The van der Waals surface area contributed by atoms with E-state index in [4.69, 9.17) is 29.7 Å². The molecule has 0 aromatic carbocycles. The summed E-state index contributed by atoms with van der Waals surface area (Å²) >= 11 is 0. The van der Waals surface area contributed by atoms with Crippen molar-refractivity contribution in [1.29, 1.82) is 0 Å². The molecule has 2 aliphatic heterocycles. The van der Waals surface area contributed by atoms with Gasteiger partial charge in [0.15, 0.2) is 6.29 Å². The fraction of sp³-hybridized carbons (Fsp3) is 1.00. The van der Waals surface area contributed by atoms with Crippen LogP contribution in [0.1, 0.15) is 0 Å². The summed E-state index contributed by atoms with van der Waals surface area (Å²) in [5.41, 5.74) is 0. The molecule has 8 N–H and O–H groups in total. The molecule has 2 fully saturated rings. The highest BCUT2D eigenvalue weighted by molar-refractivity contribution is 4.98. The van der Waals surface area contributed by atoms with Crippen molar-refractivity contribution in [3.05, 3.63) is 0 Å². The van der Waals surface area contributed by atoms with Crippen LogP contribution in [-0.4, -0.2) is 116 Å². The highest BCUT2D eigenvalue weighted by atomic mass is 17.1. The van der Waals surface area contributed by atoms with Crippen LogP contribution in [0.5, 0.6) is 0 Å². The van der Waals surface area contributed by atoms with E-state index in [1.807, 2.05) is 0 Å². The van der Waals surface area contributed by atoms with Gasteiger partial charge in [-0.2, -0.15) is 0 Å². The third-order valence-electron chi connectivity index (χ3n) is 4.12. The molecule has 12 nitrogen and oxygen atoms in total. The van der Waals surface area contributed by atoms with E-state index < -0.39 is 74.6 Å². The Hall–Kier alpha value is -0.480. The third kappa shape index (κ3) is 3.41. The molecule has 2 aliphatic rings. The second kappa shape index (κ2) is 7.82. The van der Waals surface area contributed by atoms with Crippen molar-refractivity contribution in [2.75, 3.05) is 19.8 Å². The van der Waals surface area contributed by atoms with Gasteiger partial charge in [0.1, 0.15) is 49.3 Å². The molecular weight excluding hydrogens is 336 g/mol. The van der Waals surface area contributed by atoms with Gasteiger partial charge in [-0.1, -0.05) is 0 Å². The number of aliphatic hydroxyl groups excluding tert-OH is 7. The van der Waals surface area contributed by atoms with Crippen LogP contribution >= 0.6 is 0 Å².